The van der Waals surface area contributed by atoms with Gasteiger partial charge in [0.25, 0.3) is 0 Å². The molecular weight excluding hydrogens is 701 g/mol. The minimum atomic E-state index is -3.42. The van der Waals surface area contributed by atoms with Crippen LogP contribution < -0.4 is 0 Å². The second kappa shape index (κ2) is 19.2. The third-order valence-electron chi connectivity index (χ3n) is 11.0. The van der Waals surface area contributed by atoms with Gasteiger partial charge in [-0.2, -0.15) is 0 Å². The van der Waals surface area contributed by atoms with Crippen LogP contribution in [0, 0.1) is 11.6 Å². The number of hydrogen-bond donors (Lipinski definition) is 0. The van der Waals surface area contributed by atoms with Crippen LogP contribution in [0.4, 0.5) is 8.78 Å². The maximum Gasteiger partial charge on any atom is 0.178 e. The molecule has 4 aromatic carbocycles. The van der Waals surface area contributed by atoms with Crippen molar-refractivity contribution in [1.29, 1.82) is 0 Å². The Labute approximate surface area is 321 Å². The van der Waals surface area contributed by atoms with Crippen molar-refractivity contribution in [2.45, 2.75) is 62.4 Å². The van der Waals surface area contributed by atoms with Crippen molar-refractivity contribution < 1.29 is 21.9 Å². The topological polar surface area (TPSA) is 53.1 Å². The zero-order chi connectivity index (χ0) is 37.9. The van der Waals surface area contributed by atoms with Gasteiger partial charge in [0.15, 0.2) is 9.84 Å². The second-order valence-corrected chi connectivity index (χ2v) is 16.9. The van der Waals surface area contributed by atoms with Gasteiger partial charge in [0.2, 0.25) is 0 Å². The number of ether oxygens (including phenoxy) is 1. The molecule has 0 amide bonds. The molecule has 3 aliphatic rings. The smallest absolute Gasteiger partial charge is 0.178 e. The van der Waals surface area contributed by atoms with E-state index in [2.05, 4.69) is 71.1 Å². The number of allylic oxidation sites excluding steroid dienone is 1. The fraction of sp³-hybridized carbons (Fsp3) is 0.422. The van der Waals surface area contributed by atoms with Crippen LogP contribution in [-0.4, -0.2) is 94.4 Å². The van der Waals surface area contributed by atoms with Crippen LogP contribution in [0.5, 0.6) is 0 Å². The Morgan fingerprint density at radius 1 is 0.815 bits per heavy atom. The molecule has 2 aliphatic heterocycles. The van der Waals surface area contributed by atoms with Crippen LogP contribution in [0.15, 0.2) is 108 Å². The first-order chi connectivity index (χ1) is 26.2. The van der Waals surface area contributed by atoms with Crippen molar-refractivity contribution in [1.82, 2.24) is 14.7 Å². The van der Waals surface area contributed by atoms with Crippen molar-refractivity contribution in [2.24, 2.45) is 0 Å². The van der Waals surface area contributed by atoms with E-state index < -0.39 is 15.7 Å². The van der Waals surface area contributed by atoms with E-state index in [0.29, 0.717) is 12.5 Å². The summed E-state index contributed by atoms with van der Waals surface area (Å²) in [6, 6.07) is 29.7. The molecular formula is C45H55F2N3O3S. The normalized spacial score (nSPS) is 18.5. The quantitative estimate of drug-likeness (QED) is 0.0956. The van der Waals surface area contributed by atoms with E-state index in [1.54, 1.807) is 12.1 Å². The summed E-state index contributed by atoms with van der Waals surface area (Å²) < 4.78 is 57.1. The van der Waals surface area contributed by atoms with Gasteiger partial charge in [0.1, 0.15) is 11.6 Å². The van der Waals surface area contributed by atoms with Crippen LogP contribution in [0.25, 0.3) is 5.57 Å². The molecule has 7 rings (SSSR count). The molecule has 6 nitrogen and oxygen atoms in total. The van der Waals surface area contributed by atoms with E-state index in [9.17, 15) is 17.2 Å². The van der Waals surface area contributed by atoms with Crippen LogP contribution in [0.2, 0.25) is 0 Å². The Balaban J connectivity index is 0.000000185. The second-order valence-electron chi connectivity index (χ2n) is 14.8. The van der Waals surface area contributed by atoms with E-state index in [1.165, 1.54) is 65.9 Å². The summed E-state index contributed by atoms with van der Waals surface area (Å²) in [7, 11) is -1.22. The van der Waals surface area contributed by atoms with E-state index in [1.807, 2.05) is 24.3 Å². The van der Waals surface area contributed by atoms with Crippen LogP contribution in [-0.2, 0) is 27.4 Å². The SMILES string of the molecule is CCCOCCN1CCN(C(c2ccccc2)c2ccc(F)cc2)CC1.CN1CCC[C@@H]1CC1=CCc2ccc(CCS(=O)(=O)c3ccc(F)cc3)cc21. The number of nitrogens with zero attached hydrogens (tertiary/aromatic N) is 3. The highest BCUT2D eigenvalue weighted by atomic mass is 32.2. The van der Waals surface area contributed by atoms with Gasteiger partial charge in [-0.1, -0.05) is 73.7 Å². The Bertz CT molecular complexity index is 1910. The minimum absolute atomic E-state index is 0.0296. The molecule has 54 heavy (non-hydrogen) atoms. The maximum atomic E-state index is 13.4. The van der Waals surface area contributed by atoms with Crippen molar-refractivity contribution in [2.75, 3.05) is 65.3 Å². The number of sulfone groups is 1. The van der Waals surface area contributed by atoms with Gasteiger partial charge >= 0.3 is 0 Å². The van der Waals surface area contributed by atoms with Crippen molar-refractivity contribution in [3.63, 3.8) is 0 Å². The molecule has 0 aromatic heterocycles. The number of likely N-dealkylation sites (tertiary alicyclic amines) is 1. The van der Waals surface area contributed by atoms with E-state index >= 15 is 0 Å². The van der Waals surface area contributed by atoms with Gasteiger partial charge < -0.3 is 9.64 Å². The lowest BCUT2D eigenvalue weighted by Crippen LogP contribution is -2.48. The number of piperazine rings is 1. The number of rotatable bonds is 14. The zero-order valence-electron chi connectivity index (χ0n) is 31.8. The Hall–Kier alpha value is -3.73. The molecule has 9 heteroatoms. The van der Waals surface area contributed by atoms with E-state index in [-0.39, 0.29) is 22.5 Å². The highest BCUT2D eigenvalue weighted by molar-refractivity contribution is 7.91. The summed E-state index contributed by atoms with van der Waals surface area (Å²) in [5.74, 6) is -0.579. The monoisotopic (exact) mass is 755 g/mol. The van der Waals surface area contributed by atoms with Gasteiger partial charge in [-0.05, 0) is 122 Å². The molecule has 4 aromatic rings. The fourth-order valence-corrected chi connectivity index (χ4v) is 9.17. The van der Waals surface area contributed by atoms with Crippen molar-refractivity contribution in [3.8, 4) is 0 Å². The molecule has 0 bridgehead atoms. The van der Waals surface area contributed by atoms with E-state index in [0.717, 1.165) is 76.3 Å². The summed E-state index contributed by atoms with van der Waals surface area (Å²) >= 11 is 0. The number of halogens is 2. The standard InChI is InChI=1S/C23H26FNO2S.C22H29FN2O/c1-25-13-2-3-21(25)16-19-7-6-18-5-4-17(15-23(18)19)12-14-28(26,27)22-10-8-20(24)9-11-22;1-2-17-26-18-16-24-12-14-25(15-13-24)22(19-6-4-3-5-7-19)20-8-10-21(23)11-9-20/h4-5,7-11,15,21H,2-3,6,12-14,16H2,1H3;3-11,22H,2,12-18H2,1H3/t21-;/m1./s1. The average Bonchev–Trinajstić information content (AvgIpc) is 3.79. The molecule has 1 aliphatic carbocycles. The molecule has 1 unspecified atom stereocenters. The third-order valence-corrected chi connectivity index (χ3v) is 12.8. The number of fused-ring (bicyclic) bond motifs is 1. The molecule has 2 saturated heterocycles. The predicted molar refractivity (Wildman–Crippen MR) is 214 cm³/mol. The van der Waals surface area contributed by atoms with Gasteiger partial charge in [-0.3, -0.25) is 9.80 Å². The fourth-order valence-electron chi connectivity index (χ4n) is 7.88. The van der Waals surface area contributed by atoms with Crippen molar-refractivity contribution >= 4 is 15.4 Å². The molecule has 2 atom stereocenters. The summed E-state index contributed by atoms with van der Waals surface area (Å²) in [5.41, 5.74) is 7.47. The number of benzene rings is 4. The average molecular weight is 756 g/mol. The number of aryl methyl sites for hydroxylation is 1. The van der Waals surface area contributed by atoms with E-state index in [4.69, 9.17) is 4.74 Å². The molecule has 0 saturated carbocycles. The highest BCUT2D eigenvalue weighted by Gasteiger charge is 2.27. The predicted octanol–water partition coefficient (Wildman–Crippen LogP) is 8.23. The molecule has 2 heterocycles. The summed E-state index contributed by atoms with van der Waals surface area (Å²) in [6.45, 7) is 10.1. The molecule has 0 radical (unpaired) electrons. The Morgan fingerprint density at radius 2 is 1.50 bits per heavy atom. The number of hydrogen-bond acceptors (Lipinski definition) is 6. The maximum absolute atomic E-state index is 13.4. The lowest BCUT2D eigenvalue weighted by Gasteiger charge is -2.39. The summed E-state index contributed by atoms with van der Waals surface area (Å²) in [5, 5.41) is 0. The van der Waals surface area contributed by atoms with Crippen molar-refractivity contribution in [3.05, 3.63) is 143 Å². The minimum Gasteiger partial charge on any atom is -0.380 e. The lowest BCUT2D eigenvalue weighted by molar-refractivity contribution is 0.0669. The van der Waals surface area contributed by atoms with Gasteiger partial charge in [0.05, 0.1) is 23.3 Å². The molecule has 0 spiro atoms. The van der Waals surface area contributed by atoms with Crippen LogP contribution >= 0.6 is 0 Å². The first kappa shape index (κ1) is 39.9. The Morgan fingerprint density at radius 3 is 2.17 bits per heavy atom. The summed E-state index contributed by atoms with van der Waals surface area (Å²) in [6.07, 6.45) is 8.42. The first-order valence-electron chi connectivity index (χ1n) is 19.5. The zero-order valence-corrected chi connectivity index (χ0v) is 32.6. The largest absolute Gasteiger partial charge is 0.380 e. The van der Waals surface area contributed by atoms with Crippen LogP contribution in [0.1, 0.15) is 66.5 Å². The van der Waals surface area contributed by atoms with Gasteiger partial charge in [-0.15, -0.1) is 0 Å². The molecule has 0 N–H and O–H groups in total. The van der Waals surface area contributed by atoms with Gasteiger partial charge in [-0.25, -0.2) is 17.2 Å². The van der Waals surface area contributed by atoms with Crippen LogP contribution in [0.3, 0.4) is 0 Å². The lowest BCUT2D eigenvalue weighted by atomic mass is 9.96. The Kier molecular flexibility index (Phi) is 14.2. The highest BCUT2D eigenvalue weighted by Crippen LogP contribution is 2.35. The third kappa shape index (κ3) is 10.7. The molecule has 288 valence electrons. The summed E-state index contributed by atoms with van der Waals surface area (Å²) in [4.78, 5) is 7.60. The molecule has 2 fully saturated rings. The first-order valence-corrected chi connectivity index (χ1v) is 21.2. The van der Waals surface area contributed by atoms with Gasteiger partial charge in [0, 0.05) is 45.4 Å².